The number of hydrogen-bond acceptors (Lipinski definition) is 7. The number of aromatic nitrogens is 3. The summed E-state index contributed by atoms with van der Waals surface area (Å²) in [5.41, 5.74) is 0.410. The molecule has 0 aliphatic heterocycles. The molecule has 2 heterocycles. The van der Waals surface area contributed by atoms with Crippen LogP contribution in [0.25, 0.3) is 10.8 Å². The summed E-state index contributed by atoms with van der Waals surface area (Å²) in [6, 6.07) is 18.5. The van der Waals surface area contributed by atoms with E-state index in [1.807, 2.05) is 43.3 Å². The van der Waals surface area contributed by atoms with Crippen molar-refractivity contribution in [3.8, 4) is 11.6 Å². The summed E-state index contributed by atoms with van der Waals surface area (Å²) in [5, 5.41) is 16.6. The van der Waals surface area contributed by atoms with E-state index in [0.717, 1.165) is 16.5 Å². The van der Waals surface area contributed by atoms with E-state index in [4.69, 9.17) is 4.74 Å². The first-order valence-electron chi connectivity index (χ1n) is 8.47. The Morgan fingerprint density at radius 3 is 2.61 bits per heavy atom. The van der Waals surface area contributed by atoms with Crippen molar-refractivity contribution in [1.82, 2.24) is 15.0 Å². The molecule has 28 heavy (non-hydrogen) atoms. The summed E-state index contributed by atoms with van der Waals surface area (Å²) >= 11 is 0. The fraction of sp³-hybridized carbons (Fsp3) is 0.0500. The van der Waals surface area contributed by atoms with E-state index in [9.17, 15) is 10.1 Å². The predicted molar refractivity (Wildman–Crippen MR) is 105 cm³/mol. The molecule has 0 bridgehead atoms. The highest BCUT2D eigenvalue weighted by atomic mass is 16.6. The number of nitro groups is 1. The minimum absolute atomic E-state index is 0.00823. The van der Waals surface area contributed by atoms with Gasteiger partial charge in [-0.3, -0.25) is 10.1 Å². The van der Waals surface area contributed by atoms with Gasteiger partial charge < -0.3 is 10.1 Å². The van der Waals surface area contributed by atoms with Crippen LogP contribution in [0.5, 0.6) is 11.6 Å². The molecule has 1 N–H and O–H groups in total. The van der Waals surface area contributed by atoms with Crippen LogP contribution in [0.1, 0.15) is 5.69 Å². The van der Waals surface area contributed by atoms with Crippen molar-refractivity contribution in [3.05, 3.63) is 82.8 Å². The van der Waals surface area contributed by atoms with Crippen LogP contribution in [-0.4, -0.2) is 19.9 Å². The highest BCUT2D eigenvalue weighted by Crippen LogP contribution is 2.35. The molecule has 0 spiro atoms. The van der Waals surface area contributed by atoms with E-state index >= 15 is 0 Å². The molecule has 2 aromatic heterocycles. The first-order chi connectivity index (χ1) is 13.6. The van der Waals surface area contributed by atoms with Crippen LogP contribution in [-0.2, 0) is 0 Å². The molecule has 8 nitrogen and oxygen atoms in total. The van der Waals surface area contributed by atoms with Gasteiger partial charge in [0.05, 0.1) is 4.92 Å². The second kappa shape index (κ2) is 7.28. The normalized spacial score (nSPS) is 10.6. The van der Waals surface area contributed by atoms with Crippen LogP contribution in [0.2, 0.25) is 0 Å². The maximum absolute atomic E-state index is 11.7. The second-order valence-electron chi connectivity index (χ2n) is 6.03. The van der Waals surface area contributed by atoms with E-state index in [2.05, 4.69) is 20.3 Å². The lowest BCUT2D eigenvalue weighted by Gasteiger charge is -2.10. The van der Waals surface area contributed by atoms with Gasteiger partial charge in [-0.2, -0.15) is 4.98 Å². The molecule has 0 amide bonds. The summed E-state index contributed by atoms with van der Waals surface area (Å²) in [6.45, 7) is 1.83. The average molecular weight is 373 g/mol. The quantitative estimate of drug-likeness (QED) is 0.397. The van der Waals surface area contributed by atoms with Gasteiger partial charge in [-0.05, 0) is 42.0 Å². The fourth-order valence-electron chi connectivity index (χ4n) is 2.77. The Labute approximate surface area is 160 Å². The molecule has 2 aromatic carbocycles. The minimum Gasteiger partial charge on any atom is -0.434 e. The third kappa shape index (κ3) is 3.56. The standard InChI is InChI=1S/C20H15N5O3/c1-13-5-4-8-17(23-13)24-19-18(25(26)27)20(22-12-21-19)28-16-10-9-14-6-2-3-7-15(14)11-16/h2-12H,1H3,(H,21,22,23,24). The van der Waals surface area contributed by atoms with Crippen molar-refractivity contribution in [3.63, 3.8) is 0 Å². The zero-order valence-electron chi connectivity index (χ0n) is 14.9. The van der Waals surface area contributed by atoms with Gasteiger partial charge in [-0.25, -0.2) is 9.97 Å². The van der Waals surface area contributed by atoms with Gasteiger partial charge in [0, 0.05) is 5.69 Å². The molecule has 0 saturated carbocycles. The molecular formula is C20H15N5O3. The van der Waals surface area contributed by atoms with Gasteiger partial charge >= 0.3 is 11.6 Å². The van der Waals surface area contributed by atoms with E-state index in [1.165, 1.54) is 6.33 Å². The lowest BCUT2D eigenvalue weighted by atomic mass is 10.1. The third-order valence-electron chi connectivity index (χ3n) is 4.04. The molecule has 0 unspecified atom stereocenters. The van der Waals surface area contributed by atoms with Crippen molar-refractivity contribution in [2.75, 3.05) is 5.32 Å². The molecule has 138 valence electrons. The van der Waals surface area contributed by atoms with Gasteiger partial charge in [-0.15, -0.1) is 0 Å². The van der Waals surface area contributed by atoms with Gasteiger partial charge in [0.25, 0.3) is 0 Å². The van der Waals surface area contributed by atoms with Crippen LogP contribution in [0.15, 0.2) is 67.0 Å². The molecule has 4 rings (SSSR count). The minimum atomic E-state index is -0.575. The maximum Gasteiger partial charge on any atom is 0.373 e. The fourth-order valence-corrected chi connectivity index (χ4v) is 2.77. The number of anilines is 2. The molecule has 4 aromatic rings. The molecular weight excluding hydrogens is 358 g/mol. The predicted octanol–water partition coefficient (Wildman–Crippen LogP) is 4.78. The Hall–Kier alpha value is -4.07. The van der Waals surface area contributed by atoms with Crippen LogP contribution in [0.3, 0.4) is 0 Å². The van der Waals surface area contributed by atoms with Gasteiger partial charge in [0.15, 0.2) is 0 Å². The summed E-state index contributed by atoms with van der Waals surface area (Å²) in [7, 11) is 0. The third-order valence-corrected chi connectivity index (χ3v) is 4.04. The summed E-state index contributed by atoms with van der Waals surface area (Å²) in [4.78, 5) is 23.3. The number of aryl methyl sites for hydroxylation is 1. The SMILES string of the molecule is Cc1cccc(Nc2ncnc(Oc3ccc4ccccc4c3)c2[N+](=O)[O-])n1. The van der Waals surface area contributed by atoms with Crippen molar-refractivity contribution in [2.45, 2.75) is 6.92 Å². The van der Waals surface area contributed by atoms with Gasteiger partial charge in [0.2, 0.25) is 5.82 Å². The van der Waals surface area contributed by atoms with Crippen molar-refractivity contribution >= 4 is 28.1 Å². The van der Waals surface area contributed by atoms with E-state index in [0.29, 0.717) is 11.6 Å². The number of ether oxygens (including phenoxy) is 1. The van der Waals surface area contributed by atoms with Crippen LogP contribution < -0.4 is 10.1 Å². The van der Waals surface area contributed by atoms with Crippen molar-refractivity contribution in [1.29, 1.82) is 0 Å². The number of nitrogens with zero attached hydrogens (tertiary/aromatic N) is 4. The highest BCUT2D eigenvalue weighted by molar-refractivity contribution is 5.83. The van der Waals surface area contributed by atoms with Gasteiger partial charge in [0.1, 0.15) is 17.9 Å². The van der Waals surface area contributed by atoms with Crippen molar-refractivity contribution in [2.24, 2.45) is 0 Å². The molecule has 0 aliphatic carbocycles. The Morgan fingerprint density at radius 1 is 1.00 bits per heavy atom. The zero-order chi connectivity index (χ0) is 19.5. The molecule has 0 radical (unpaired) electrons. The molecule has 8 heteroatoms. The van der Waals surface area contributed by atoms with Gasteiger partial charge in [-0.1, -0.05) is 36.4 Å². The number of fused-ring (bicyclic) bond motifs is 1. The number of nitrogens with one attached hydrogen (secondary N) is 1. The average Bonchev–Trinajstić information content (AvgIpc) is 2.68. The summed E-state index contributed by atoms with van der Waals surface area (Å²) in [6.07, 6.45) is 1.21. The van der Waals surface area contributed by atoms with Crippen LogP contribution in [0, 0.1) is 17.0 Å². The number of rotatable bonds is 5. The first kappa shape index (κ1) is 17.3. The Balaban J connectivity index is 1.71. The molecule has 0 atom stereocenters. The monoisotopic (exact) mass is 373 g/mol. The molecule has 0 saturated heterocycles. The molecule has 0 aliphatic rings. The largest absolute Gasteiger partial charge is 0.434 e. The first-order valence-corrected chi connectivity index (χ1v) is 8.47. The topological polar surface area (TPSA) is 103 Å². The zero-order valence-corrected chi connectivity index (χ0v) is 14.9. The summed E-state index contributed by atoms with van der Waals surface area (Å²) in [5.74, 6) is 0.748. The Morgan fingerprint density at radius 2 is 1.82 bits per heavy atom. The number of hydrogen-bond donors (Lipinski definition) is 1. The number of pyridine rings is 1. The highest BCUT2D eigenvalue weighted by Gasteiger charge is 2.25. The Bertz CT molecular complexity index is 1180. The Kier molecular flexibility index (Phi) is 4.51. The van der Waals surface area contributed by atoms with Crippen molar-refractivity contribution < 1.29 is 9.66 Å². The summed E-state index contributed by atoms with van der Waals surface area (Å²) < 4.78 is 5.73. The lowest BCUT2D eigenvalue weighted by molar-refractivity contribution is -0.385. The maximum atomic E-state index is 11.7. The second-order valence-corrected chi connectivity index (χ2v) is 6.03. The lowest BCUT2D eigenvalue weighted by Crippen LogP contribution is -2.04. The smallest absolute Gasteiger partial charge is 0.373 e. The van der Waals surface area contributed by atoms with E-state index in [1.54, 1.807) is 24.3 Å². The van der Waals surface area contributed by atoms with Crippen LogP contribution >= 0.6 is 0 Å². The van der Waals surface area contributed by atoms with E-state index < -0.39 is 4.92 Å². The number of benzene rings is 2. The molecule has 0 fully saturated rings. The van der Waals surface area contributed by atoms with Crippen LogP contribution in [0.4, 0.5) is 17.3 Å². The van der Waals surface area contributed by atoms with E-state index in [-0.39, 0.29) is 17.4 Å².